The molecule has 0 saturated carbocycles. The summed E-state index contributed by atoms with van der Waals surface area (Å²) in [5.74, 6) is -0.0283. The minimum Gasteiger partial charge on any atom is -0.496 e. The van der Waals surface area contributed by atoms with Gasteiger partial charge in [-0.3, -0.25) is 14.6 Å². The lowest BCUT2D eigenvalue weighted by molar-refractivity contribution is -0.136. The molecule has 10 nitrogen and oxygen atoms in total. The van der Waals surface area contributed by atoms with E-state index in [4.69, 9.17) is 18.9 Å². The summed E-state index contributed by atoms with van der Waals surface area (Å²) in [6, 6.07) is 14.7. The Hall–Kier alpha value is -4.42. The second-order valence-electron chi connectivity index (χ2n) is 10.4. The molecule has 0 bridgehead atoms. The van der Waals surface area contributed by atoms with Crippen LogP contribution in [0.15, 0.2) is 65.3 Å². The monoisotopic (exact) mass is 680 g/mol. The van der Waals surface area contributed by atoms with Crippen LogP contribution in [0.25, 0.3) is 10.9 Å². The quantitative estimate of drug-likeness (QED) is 0.175. The lowest BCUT2D eigenvalue weighted by atomic mass is 9.99. The zero-order chi connectivity index (χ0) is 31.8. The maximum Gasteiger partial charge on any atom is 0.313 e. The van der Waals surface area contributed by atoms with Crippen LogP contribution in [0, 0.1) is 11.7 Å². The Morgan fingerprint density at radius 3 is 2.53 bits per heavy atom. The highest BCUT2D eigenvalue weighted by molar-refractivity contribution is 9.10. The highest BCUT2D eigenvalue weighted by Gasteiger charge is 2.19. The van der Waals surface area contributed by atoms with Crippen molar-refractivity contribution >= 4 is 44.3 Å². The average molecular weight is 682 g/mol. The topological polar surface area (TPSA) is 120 Å². The Labute approximate surface area is 268 Å². The summed E-state index contributed by atoms with van der Waals surface area (Å²) >= 11 is 3.47. The molecule has 12 heteroatoms. The third kappa shape index (κ3) is 7.81. The third-order valence-electron chi connectivity index (χ3n) is 7.50. The number of hydrogen-bond donors (Lipinski definition) is 3. The van der Waals surface area contributed by atoms with Gasteiger partial charge in [-0.2, -0.15) is 0 Å². The fourth-order valence-electron chi connectivity index (χ4n) is 5.13. The summed E-state index contributed by atoms with van der Waals surface area (Å²) in [5, 5.41) is 8.95. The summed E-state index contributed by atoms with van der Waals surface area (Å²) in [6.45, 7) is 2.74. The molecule has 4 aromatic rings. The van der Waals surface area contributed by atoms with E-state index < -0.39 is 17.6 Å². The van der Waals surface area contributed by atoms with Gasteiger partial charge in [0.2, 0.25) is 0 Å². The molecule has 0 aliphatic carbocycles. The predicted molar refractivity (Wildman–Crippen MR) is 172 cm³/mol. The maximum atomic E-state index is 15.1. The number of anilines is 1. The Morgan fingerprint density at radius 1 is 0.978 bits per heavy atom. The molecule has 2 heterocycles. The number of nitrogens with zero attached hydrogens (tertiary/aromatic N) is 1. The first kappa shape index (κ1) is 32.0. The molecular weight excluding hydrogens is 647 g/mol. The fraction of sp³-hybridized carbons (Fsp3) is 0.303. The number of aromatic nitrogens is 1. The van der Waals surface area contributed by atoms with Crippen molar-refractivity contribution in [1.82, 2.24) is 15.6 Å². The van der Waals surface area contributed by atoms with E-state index in [0.29, 0.717) is 52.8 Å². The summed E-state index contributed by atoms with van der Waals surface area (Å²) in [6.07, 6.45) is 4.09. The predicted octanol–water partition coefficient (Wildman–Crippen LogP) is 5.62. The number of fused-ring (bicyclic) bond motifs is 1. The van der Waals surface area contributed by atoms with Gasteiger partial charge in [-0.15, -0.1) is 0 Å². The molecule has 3 aromatic carbocycles. The molecule has 0 radical (unpaired) electrons. The van der Waals surface area contributed by atoms with Crippen LogP contribution in [0.2, 0.25) is 0 Å². The van der Waals surface area contributed by atoms with Crippen LogP contribution >= 0.6 is 15.9 Å². The Morgan fingerprint density at radius 2 is 1.78 bits per heavy atom. The fourth-order valence-corrected chi connectivity index (χ4v) is 5.67. The number of piperidine rings is 1. The van der Waals surface area contributed by atoms with Gasteiger partial charge in [0.1, 0.15) is 17.0 Å². The van der Waals surface area contributed by atoms with E-state index in [1.54, 1.807) is 38.6 Å². The number of benzene rings is 3. The van der Waals surface area contributed by atoms with Crippen LogP contribution in [0.3, 0.4) is 0 Å². The second kappa shape index (κ2) is 15.0. The summed E-state index contributed by atoms with van der Waals surface area (Å²) < 4.78 is 39.0. The molecule has 1 aliphatic heterocycles. The van der Waals surface area contributed by atoms with Crippen molar-refractivity contribution < 1.29 is 32.9 Å². The molecule has 1 aliphatic rings. The molecule has 1 fully saturated rings. The first-order chi connectivity index (χ1) is 21.9. The highest BCUT2D eigenvalue weighted by Crippen LogP contribution is 2.40. The van der Waals surface area contributed by atoms with Crippen molar-refractivity contribution in [3.05, 3.63) is 76.6 Å². The molecule has 45 heavy (non-hydrogen) atoms. The molecule has 1 aromatic heterocycles. The van der Waals surface area contributed by atoms with Gasteiger partial charge >= 0.3 is 11.8 Å². The summed E-state index contributed by atoms with van der Waals surface area (Å²) in [7, 11) is 3.11. The Bertz CT molecular complexity index is 1680. The lowest BCUT2D eigenvalue weighted by Gasteiger charge is -2.23. The van der Waals surface area contributed by atoms with Crippen LogP contribution in [-0.4, -0.2) is 57.3 Å². The molecule has 3 N–H and O–H groups in total. The van der Waals surface area contributed by atoms with E-state index in [1.807, 2.05) is 18.2 Å². The van der Waals surface area contributed by atoms with Gasteiger partial charge in [-0.05, 0) is 80.7 Å². The lowest BCUT2D eigenvalue weighted by Crippen LogP contribution is -2.36. The number of carbonyl (C=O) groups is 2. The number of pyridine rings is 1. The van der Waals surface area contributed by atoms with Gasteiger partial charge in [-0.25, -0.2) is 4.39 Å². The third-order valence-corrected chi connectivity index (χ3v) is 8.24. The minimum atomic E-state index is -0.924. The number of ether oxygens (including phenoxy) is 4. The molecule has 0 atom stereocenters. The molecule has 236 valence electrons. The van der Waals surface area contributed by atoms with Crippen LogP contribution in [0.5, 0.6) is 28.7 Å². The van der Waals surface area contributed by atoms with Gasteiger partial charge in [0.15, 0.2) is 23.1 Å². The molecular formula is C33H34BrFN4O6. The number of amides is 2. The standard InChI is InChI=1S/C33H34BrFN4O6/c1-42-26-5-3-4-24(34)22(26)12-16-38-32(40)33(41)39-21-6-8-28(25(35)18-21)45-27-13-17-37-30-23(27)7-9-29(31(30)43-2)44-19-20-10-14-36-15-11-20/h3-9,13,17-18,20,36H,10-12,14-16,19H2,1-2H3,(H,38,40)(H,39,41). The van der Waals surface area contributed by atoms with E-state index in [2.05, 4.69) is 36.9 Å². The number of hydrogen-bond acceptors (Lipinski definition) is 8. The molecule has 2 amide bonds. The number of methoxy groups -OCH3 is 2. The summed E-state index contributed by atoms with van der Waals surface area (Å²) in [4.78, 5) is 29.3. The first-order valence-corrected chi connectivity index (χ1v) is 15.3. The zero-order valence-corrected chi connectivity index (χ0v) is 26.5. The van der Waals surface area contributed by atoms with Crippen molar-refractivity contribution in [3.8, 4) is 28.7 Å². The first-order valence-electron chi connectivity index (χ1n) is 14.5. The van der Waals surface area contributed by atoms with Gasteiger partial charge in [-0.1, -0.05) is 22.0 Å². The molecule has 1 saturated heterocycles. The van der Waals surface area contributed by atoms with Crippen LogP contribution in [0.1, 0.15) is 18.4 Å². The molecule has 5 rings (SSSR count). The van der Waals surface area contributed by atoms with Crippen molar-refractivity contribution in [2.75, 3.05) is 45.8 Å². The highest BCUT2D eigenvalue weighted by atomic mass is 79.9. The van der Waals surface area contributed by atoms with E-state index in [9.17, 15) is 9.59 Å². The van der Waals surface area contributed by atoms with Gasteiger partial charge in [0.25, 0.3) is 0 Å². The van der Waals surface area contributed by atoms with E-state index in [1.165, 1.54) is 12.1 Å². The Kier molecular flexibility index (Phi) is 10.7. The van der Waals surface area contributed by atoms with Gasteiger partial charge < -0.3 is 34.9 Å². The minimum absolute atomic E-state index is 0.0717. The smallest absolute Gasteiger partial charge is 0.313 e. The Balaban J connectivity index is 1.21. The average Bonchev–Trinajstić information content (AvgIpc) is 3.05. The maximum absolute atomic E-state index is 15.1. The second-order valence-corrected chi connectivity index (χ2v) is 11.3. The van der Waals surface area contributed by atoms with E-state index >= 15 is 4.39 Å². The number of rotatable bonds is 11. The van der Waals surface area contributed by atoms with Crippen LogP contribution in [-0.2, 0) is 16.0 Å². The van der Waals surface area contributed by atoms with Gasteiger partial charge in [0.05, 0.1) is 20.8 Å². The van der Waals surface area contributed by atoms with Crippen molar-refractivity contribution in [2.24, 2.45) is 5.92 Å². The molecule has 0 spiro atoms. The summed E-state index contributed by atoms with van der Waals surface area (Å²) in [5.41, 5.74) is 1.48. The van der Waals surface area contributed by atoms with Gasteiger partial charge in [0, 0.05) is 39.9 Å². The number of nitrogens with one attached hydrogen (secondary N) is 3. The zero-order valence-electron chi connectivity index (χ0n) is 25.0. The SMILES string of the molecule is COc1cccc(Br)c1CCNC(=O)C(=O)Nc1ccc(Oc2ccnc3c(OC)c(OCC4CCNCC4)ccc23)c(F)c1. The number of halogens is 2. The molecule has 0 unspecified atom stereocenters. The van der Waals surface area contributed by atoms with E-state index in [0.717, 1.165) is 42.0 Å². The van der Waals surface area contributed by atoms with E-state index in [-0.39, 0.29) is 18.0 Å². The number of carbonyl (C=O) groups excluding carboxylic acids is 2. The van der Waals surface area contributed by atoms with Crippen LogP contribution in [0.4, 0.5) is 10.1 Å². The van der Waals surface area contributed by atoms with Crippen LogP contribution < -0.4 is 34.9 Å². The largest absolute Gasteiger partial charge is 0.496 e. The van der Waals surface area contributed by atoms with Crippen molar-refractivity contribution in [1.29, 1.82) is 0 Å². The normalized spacial score (nSPS) is 13.2. The van der Waals surface area contributed by atoms with Crippen molar-refractivity contribution in [3.63, 3.8) is 0 Å². The van der Waals surface area contributed by atoms with Crippen molar-refractivity contribution in [2.45, 2.75) is 19.3 Å².